The predicted molar refractivity (Wildman–Crippen MR) is 97.1 cm³/mol. The van der Waals surface area contributed by atoms with Gasteiger partial charge in [-0.3, -0.25) is 14.7 Å². The Hall–Kier alpha value is -2.27. The van der Waals surface area contributed by atoms with Crippen LogP contribution in [0.3, 0.4) is 0 Å². The number of para-hydroxylation sites is 1. The van der Waals surface area contributed by atoms with Gasteiger partial charge in [-0.05, 0) is 43.5 Å². The molecule has 4 rings (SSSR count). The van der Waals surface area contributed by atoms with Crippen molar-refractivity contribution in [2.24, 2.45) is 5.92 Å². The quantitative estimate of drug-likeness (QED) is 0.712. The van der Waals surface area contributed by atoms with E-state index in [2.05, 4.69) is 24.0 Å². The van der Waals surface area contributed by atoms with Crippen molar-refractivity contribution in [2.45, 2.75) is 32.7 Å². The average Bonchev–Trinajstić information content (AvgIpc) is 2.97. The fourth-order valence-electron chi connectivity index (χ4n) is 2.96. The molecule has 3 aromatic rings. The summed E-state index contributed by atoms with van der Waals surface area (Å²) in [5.74, 6) is 0.324. The van der Waals surface area contributed by atoms with Crippen molar-refractivity contribution in [3.05, 3.63) is 53.9 Å². The summed E-state index contributed by atoms with van der Waals surface area (Å²) in [7, 11) is 0. The number of aromatic nitrogens is 2. The van der Waals surface area contributed by atoms with Crippen LogP contribution in [-0.4, -0.2) is 15.9 Å². The zero-order valence-electron chi connectivity index (χ0n) is 13.6. The Bertz CT molecular complexity index is 871. The lowest BCUT2D eigenvalue weighted by molar-refractivity contribution is -0.124. The van der Waals surface area contributed by atoms with Gasteiger partial charge in [0.05, 0.1) is 22.5 Å². The van der Waals surface area contributed by atoms with Crippen LogP contribution in [-0.2, 0) is 11.3 Å². The van der Waals surface area contributed by atoms with E-state index in [9.17, 15) is 4.79 Å². The number of hydrogen-bond donors (Lipinski definition) is 0. The Morgan fingerprint density at radius 1 is 1.25 bits per heavy atom. The minimum Gasteiger partial charge on any atom is -0.282 e. The van der Waals surface area contributed by atoms with Crippen molar-refractivity contribution in [1.82, 2.24) is 9.97 Å². The second kappa shape index (κ2) is 6.32. The molecule has 0 bridgehead atoms. The molecular weight excluding hydrogens is 318 g/mol. The van der Waals surface area contributed by atoms with Crippen LogP contribution in [0.2, 0.25) is 0 Å². The van der Waals surface area contributed by atoms with Crippen LogP contribution in [0, 0.1) is 12.8 Å². The van der Waals surface area contributed by atoms with Crippen LogP contribution in [0.1, 0.15) is 30.5 Å². The van der Waals surface area contributed by atoms with Crippen molar-refractivity contribution in [1.29, 1.82) is 0 Å². The number of thiazole rings is 1. The van der Waals surface area contributed by atoms with Crippen LogP contribution in [0.25, 0.3) is 10.2 Å². The summed E-state index contributed by atoms with van der Waals surface area (Å²) in [6.07, 6.45) is 4.89. The van der Waals surface area contributed by atoms with Gasteiger partial charge in [0.1, 0.15) is 0 Å². The van der Waals surface area contributed by atoms with Gasteiger partial charge in [-0.2, -0.15) is 0 Å². The fourth-order valence-corrected chi connectivity index (χ4v) is 4.01. The van der Waals surface area contributed by atoms with Crippen LogP contribution < -0.4 is 4.90 Å². The normalized spacial score (nSPS) is 14.5. The number of amides is 1. The Labute approximate surface area is 145 Å². The minimum absolute atomic E-state index is 0.141. The standard InChI is InChI=1S/C19H19N3OS/c1-13-6-4-10-16-17(13)21-19(24-16)22(18(23)14-7-5-8-14)12-15-9-2-3-11-20-15/h2-4,6,9-11,14H,5,7-8,12H2,1H3. The van der Waals surface area contributed by atoms with Gasteiger partial charge in [-0.1, -0.05) is 36.0 Å². The Balaban J connectivity index is 1.72. The third-order valence-electron chi connectivity index (χ3n) is 4.61. The molecule has 1 aliphatic rings. The SMILES string of the molecule is Cc1cccc2sc(N(Cc3ccccn3)C(=O)C3CCC3)nc12. The maximum absolute atomic E-state index is 13.0. The third-order valence-corrected chi connectivity index (χ3v) is 5.65. The number of rotatable bonds is 4. The maximum Gasteiger partial charge on any atom is 0.232 e. The smallest absolute Gasteiger partial charge is 0.232 e. The summed E-state index contributed by atoms with van der Waals surface area (Å²) in [4.78, 5) is 23.9. The van der Waals surface area contributed by atoms with E-state index in [1.807, 2.05) is 29.2 Å². The number of pyridine rings is 1. The molecule has 2 aromatic heterocycles. The first-order valence-electron chi connectivity index (χ1n) is 8.30. The lowest BCUT2D eigenvalue weighted by Crippen LogP contribution is -2.38. The van der Waals surface area contributed by atoms with E-state index in [1.165, 1.54) is 0 Å². The largest absolute Gasteiger partial charge is 0.282 e. The van der Waals surface area contributed by atoms with Gasteiger partial charge in [0.25, 0.3) is 0 Å². The van der Waals surface area contributed by atoms with E-state index >= 15 is 0 Å². The van der Waals surface area contributed by atoms with E-state index in [0.717, 1.165) is 45.9 Å². The number of carbonyl (C=O) groups is 1. The first kappa shape index (κ1) is 15.3. The molecule has 0 aliphatic heterocycles. The average molecular weight is 337 g/mol. The topological polar surface area (TPSA) is 46.1 Å². The maximum atomic E-state index is 13.0. The second-order valence-electron chi connectivity index (χ2n) is 6.29. The summed E-state index contributed by atoms with van der Waals surface area (Å²) in [5.41, 5.74) is 3.02. The number of hydrogen-bond acceptors (Lipinski definition) is 4. The summed E-state index contributed by atoms with van der Waals surface area (Å²) >= 11 is 1.59. The summed E-state index contributed by atoms with van der Waals surface area (Å²) in [6.45, 7) is 2.54. The van der Waals surface area contributed by atoms with E-state index < -0.39 is 0 Å². The molecular formula is C19H19N3OS. The van der Waals surface area contributed by atoms with Crippen LogP contribution >= 0.6 is 11.3 Å². The second-order valence-corrected chi connectivity index (χ2v) is 7.30. The van der Waals surface area contributed by atoms with E-state index in [4.69, 9.17) is 4.98 Å². The zero-order valence-corrected chi connectivity index (χ0v) is 14.4. The lowest BCUT2D eigenvalue weighted by atomic mass is 9.84. The molecule has 122 valence electrons. The molecule has 0 spiro atoms. The number of anilines is 1. The van der Waals surface area contributed by atoms with Gasteiger partial charge in [-0.25, -0.2) is 4.98 Å². The molecule has 1 aromatic carbocycles. The van der Waals surface area contributed by atoms with E-state index in [1.54, 1.807) is 17.5 Å². The highest BCUT2D eigenvalue weighted by Crippen LogP contribution is 2.35. The molecule has 0 N–H and O–H groups in total. The zero-order chi connectivity index (χ0) is 16.5. The number of benzene rings is 1. The molecule has 1 amide bonds. The van der Waals surface area contributed by atoms with Gasteiger partial charge < -0.3 is 0 Å². The van der Waals surface area contributed by atoms with Gasteiger partial charge in [0.2, 0.25) is 5.91 Å². The van der Waals surface area contributed by atoms with Crippen molar-refractivity contribution < 1.29 is 4.79 Å². The number of carbonyl (C=O) groups excluding carboxylic acids is 1. The summed E-state index contributed by atoms with van der Waals surface area (Å²) in [6, 6.07) is 12.0. The molecule has 4 nitrogen and oxygen atoms in total. The van der Waals surface area contributed by atoms with Crippen molar-refractivity contribution in [3.8, 4) is 0 Å². The fraction of sp³-hybridized carbons (Fsp3) is 0.316. The first-order valence-corrected chi connectivity index (χ1v) is 9.11. The molecule has 2 heterocycles. The van der Waals surface area contributed by atoms with Gasteiger partial charge in [0.15, 0.2) is 5.13 Å². The van der Waals surface area contributed by atoms with Crippen LogP contribution in [0.5, 0.6) is 0 Å². The van der Waals surface area contributed by atoms with Gasteiger partial charge in [0, 0.05) is 12.1 Å². The Morgan fingerprint density at radius 3 is 2.79 bits per heavy atom. The van der Waals surface area contributed by atoms with Crippen molar-refractivity contribution >= 4 is 32.6 Å². The molecule has 0 atom stereocenters. The molecule has 24 heavy (non-hydrogen) atoms. The molecule has 5 heteroatoms. The lowest BCUT2D eigenvalue weighted by Gasteiger charge is -2.30. The monoisotopic (exact) mass is 337 g/mol. The summed E-state index contributed by atoms with van der Waals surface area (Å²) < 4.78 is 1.12. The highest BCUT2D eigenvalue weighted by Gasteiger charge is 2.32. The van der Waals surface area contributed by atoms with E-state index in [-0.39, 0.29) is 11.8 Å². The van der Waals surface area contributed by atoms with Crippen molar-refractivity contribution in [2.75, 3.05) is 4.90 Å². The molecule has 1 aliphatic carbocycles. The first-order chi connectivity index (χ1) is 11.7. The minimum atomic E-state index is 0.141. The molecule has 0 radical (unpaired) electrons. The predicted octanol–water partition coefficient (Wildman–Crippen LogP) is 4.33. The van der Waals surface area contributed by atoms with Crippen LogP contribution in [0.4, 0.5) is 5.13 Å². The molecule has 0 unspecified atom stereocenters. The highest BCUT2D eigenvalue weighted by molar-refractivity contribution is 7.22. The highest BCUT2D eigenvalue weighted by atomic mass is 32.1. The van der Waals surface area contributed by atoms with Crippen LogP contribution in [0.15, 0.2) is 42.6 Å². The molecule has 1 fully saturated rings. The van der Waals surface area contributed by atoms with Gasteiger partial charge in [-0.15, -0.1) is 0 Å². The number of aryl methyl sites for hydroxylation is 1. The Morgan fingerprint density at radius 2 is 2.12 bits per heavy atom. The van der Waals surface area contributed by atoms with Gasteiger partial charge >= 0.3 is 0 Å². The number of fused-ring (bicyclic) bond motifs is 1. The molecule has 1 saturated carbocycles. The third kappa shape index (κ3) is 2.80. The summed E-state index contributed by atoms with van der Waals surface area (Å²) in [5, 5.41) is 0.779. The van der Waals surface area contributed by atoms with Crippen molar-refractivity contribution in [3.63, 3.8) is 0 Å². The Kier molecular flexibility index (Phi) is 4.02. The van der Waals surface area contributed by atoms with E-state index in [0.29, 0.717) is 6.54 Å². The number of nitrogens with zero attached hydrogens (tertiary/aromatic N) is 3. The molecule has 0 saturated heterocycles.